The number of hydrogen-bond donors (Lipinski definition) is 4. The fraction of sp³-hybridized carbons (Fsp3) is 0. The van der Waals surface area contributed by atoms with Crippen molar-refractivity contribution < 1.29 is 19.8 Å². The number of carboxylic acid groups (broad SMARTS) is 1. The summed E-state index contributed by atoms with van der Waals surface area (Å²) in [7, 11) is 0. The maximum absolute atomic E-state index is 12.4. The van der Waals surface area contributed by atoms with Gasteiger partial charge in [-0.1, -0.05) is 24.3 Å². The molecule has 7 nitrogen and oxygen atoms in total. The van der Waals surface area contributed by atoms with Crippen molar-refractivity contribution in [2.45, 2.75) is 0 Å². The molecule has 0 aliphatic heterocycles. The SMILES string of the molecule is O=C(O)c1ccccc1NC(=O)c1c(O)c2ccccc2[nH]c1=O. The molecular formula is C17H12N2O5. The molecule has 0 radical (unpaired) electrons. The largest absolute Gasteiger partial charge is 0.506 e. The normalized spacial score (nSPS) is 10.5. The Morgan fingerprint density at radius 1 is 1.00 bits per heavy atom. The molecule has 7 heteroatoms. The molecule has 24 heavy (non-hydrogen) atoms. The van der Waals surface area contributed by atoms with Crippen LogP contribution in [0.4, 0.5) is 5.69 Å². The summed E-state index contributed by atoms with van der Waals surface area (Å²) in [4.78, 5) is 38.2. The van der Waals surface area contributed by atoms with E-state index in [1.165, 1.54) is 18.2 Å². The van der Waals surface area contributed by atoms with Gasteiger partial charge in [-0.25, -0.2) is 4.79 Å². The summed E-state index contributed by atoms with van der Waals surface area (Å²) >= 11 is 0. The van der Waals surface area contributed by atoms with E-state index in [4.69, 9.17) is 5.11 Å². The van der Waals surface area contributed by atoms with Gasteiger partial charge in [0.25, 0.3) is 11.5 Å². The third-order valence-electron chi connectivity index (χ3n) is 3.53. The number of nitrogens with one attached hydrogen (secondary N) is 2. The van der Waals surface area contributed by atoms with Crippen LogP contribution in [-0.4, -0.2) is 27.1 Å². The maximum Gasteiger partial charge on any atom is 0.337 e. The van der Waals surface area contributed by atoms with E-state index < -0.39 is 28.7 Å². The van der Waals surface area contributed by atoms with Gasteiger partial charge in [-0.05, 0) is 24.3 Å². The number of amides is 1. The molecule has 0 fully saturated rings. The molecule has 0 bridgehead atoms. The molecule has 1 heterocycles. The molecule has 0 spiro atoms. The smallest absolute Gasteiger partial charge is 0.337 e. The summed E-state index contributed by atoms with van der Waals surface area (Å²) in [6.45, 7) is 0. The van der Waals surface area contributed by atoms with Crippen molar-refractivity contribution in [3.05, 3.63) is 70.0 Å². The van der Waals surface area contributed by atoms with Gasteiger partial charge < -0.3 is 20.5 Å². The van der Waals surface area contributed by atoms with Gasteiger partial charge in [-0.3, -0.25) is 9.59 Å². The number of aromatic carboxylic acids is 1. The molecule has 1 aromatic heterocycles. The summed E-state index contributed by atoms with van der Waals surface area (Å²) in [5.41, 5.74) is -0.947. The lowest BCUT2D eigenvalue weighted by atomic mass is 10.1. The molecule has 4 N–H and O–H groups in total. The number of carbonyl (C=O) groups excluding carboxylic acids is 1. The van der Waals surface area contributed by atoms with Crippen LogP contribution in [0.25, 0.3) is 10.9 Å². The summed E-state index contributed by atoms with van der Waals surface area (Å²) in [5.74, 6) is -2.57. The van der Waals surface area contributed by atoms with Gasteiger partial charge in [0, 0.05) is 5.39 Å². The van der Waals surface area contributed by atoms with Crippen molar-refractivity contribution >= 4 is 28.5 Å². The lowest BCUT2D eigenvalue weighted by molar-refractivity contribution is 0.0698. The number of para-hydroxylation sites is 2. The van der Waals surface area contributed by atoms with E-state index in [0.29, 0.717) is 10.9 Å². The van der Waals surface area contributed by atoms with Crippen LogP contribution in [0, 0.1) is 0 Å². The Balaban J connectivity index is 2.07. The highest BCUT2D eigenvalue weighted by atomic mass is 16.4. The van der Waals surface area contributed by atoms with E-state index in [1.54, 1.807) is 30.3 Å². The number of aromatic hydroxyl groups is 1. The van der Waals surface area contributed by atoms with Crippen molar-refractivity contribution in [1.29, 1.82) is 0 Å². The van der Waals surface area contributed by atoms with Gasteiger partial charge in [0.05, 0.1) is 16.8 Å². The Bertz CT molecular complexity index is 1020. The third-order valence-corrected chi connectivity index (χ3v) is 3.53. The maximum atomic E-state index is 12.4. The van der Waals surface area contributed by atoms with Crippen molar-refractivity contribution in [1.82, 2.24) is 4.98 Å². The number of hydrogen-bond acceptors (Lipinski definition) is 4. The van der Waals surface area contributed by atoms with Crippen LogP contribution in [0.5, 0.6) is 5.75 Å². The minimum atomic E-state index is -1.22. The Hall–Kier alpha value is -3.61. The van der Waals surface area contributed by atoms with Crippen LogP contribution in [-0.2, 0) is 0 Å². The summed E-state index contributed by atoms with van der Waals surface area (Å²) in [6.07, 6.45) is 0. The number of carbonyl (C=O) groups is 2. The lowest BCUT2D eigenvalue weighted by Crippen LogP contribution is -2.24. The molecule has 3 aromatic rings. The Labute approximate surface area is 135 Å². The summed E-state index contributed by atoms with van der Waals surface area (Å²) < 4.78 is 0. The third kappa shape index (κ3) is 2.58. The molecular weight excluding hydrogens is 312 g/mol. The monoisotopic (exact) mass is 324 g/mol. The van der Waals surface area contributed by atoms with Crippen LogP contribution in [0.1, 0.15) is 20.7 Å². The number of carboxylic acids is 1. The minimum absolute atomic E-state index is 0.0296. The van der Waals surface area contributed by atoms with Crippen LogP contribution in [0.2, 0.25) is 0 Å². The summed E-state index contributed by atoms with van der Waals surface area (Å²) in [6, 6.07) is 12.3. The number of anilines is 1. The zero-order chi connectivity index (χ0) is 17.3. The molecule has 120 valence electrons. The highest BCUT2D eigenvalue weighted by Crippen LogP contribution is 2.25. The Morgan fingerprint density at radius 2 is 1.67 bits per heavy atom. The first-order valence-corrected chi connectivity index (χ1v) is 6.96. The first kappa shape index (κ1) is 15.3. The predicted molar refractivity (Wildman–Crippen MR) is 87.6 cm³/mol. The van der Waals surface area contributed by atoms with Gasteiger partial charge in [0.15, 0.2) is 0 Å². The Morgan fingerprint density at radius 3 is 2.42 bits per heavy atom. The first-order valence-electron chi connectivity index (χ1n) is 6.96. The molecule has 1 amide bonds. The minimum Gasteiger partial charge on any atom is -0.506 e. The first-order chi connectivity index (χ1) is 11.5. The molecule has 0 saturated carbocycles. The van der Waals surface area contributed by atoms with E-state index in [0.717, 1.165) is 0 Å². The fourth-order valence-electron chi connectivity index (χ4n) is 2.40. The zero-order valence-electron chi connectivity index (χ0n) is 12.2. The van der Waals surface area contributed by atoms with Crippen molar-refractivity contribution in [3.8, 4) is 5.75 Å². The lowest BCUT2D eigenvalue weighted by Gasteiger charge is -2.10. The van der Waals surface area contributed by atoms with Crippen LogP contribution < -0.4 is 10.9 Å². The predicted octanol–water partition coefficient (Wildman–Crippen LogP) is 2.18. The number of aromatic nitrogens is 1. The van der Waals surface area contributed by atoms with Gasteiger partial charge in [0.2, 0.25) is 0 Å². The van der Waals surface area contributed by atoms with Crippen molar-refractivity contribution in [2.24, 2.45) is 0 Å². The second-order valence-electron chi connectivity index (χ2n) is 5.03. The quantitative estimate of drug-likeness (QED) is 0.588. The molecule has 0 saturated heterocycles. The average Bonchev–Trinajstić information content (AvgIpc) is 2.55. The van der Waals surface area contributed by atoms with Gasteiger partial charge in [0.1, 0.15) is 11.3 Å². The molecule has 0 aliphatic rings. The van der Waals surface area contributed by atoms with E-state index in [-0.39, 0.29) is 11.3 Å². The standard InChI is InChI=1S/C17H12N2O5/c20-14-9-5-1-3-7-11(9)18-15(21)13(14)16(22)19-12-8-4-2-6-10(12)17(23)24/h1-8H,(H,19,22)(H,23,24)(H2,18,20,21). The van der Waals surface area contributed by atoms with Gasteiger partial charge in [-0.15, -0.1) is 0 Å². The number of rotatable bonds is 3. The highest BCUT2D eigenvalue weighted by molar-refractivity contribution is 6.11. The van der Waals surface area contributed by atoms with E-state index in [9.17, 15) is 19.5 Å². The van der Waals surface area contributed by atoms with Gasteiger partial charge in [-0.2, -0.15) is 0 Å². The topological polar surface area (TPSA) is 119 Å². The molecule has 0 atom stereocenters. The van der Waals surface area contributed by atoms with Crippen molar-refractivity contribution in [3.63, 3.8) is 0 Å². The highest BCUT2D eigenvalue weighted by Gasteiger charge is 2.20. The Kier molecular flexibility index (Phi) is 3.75. The second kappa shape index (κ2) is 5.88. The van der Waals surface area contributed by atoms with Crippen molar-refractivity contribution in [2.75, 3.05) is 5.32 Å². The number of fused-ring (bicyclic) bond motifs is 1. The molecule has 2 aromatic carbocycles. The van der Waals surface area contributed by atoms with E-state index in [1.807, 2.05) is 0 Å². The number of benzene rings is 2. The van der Waals surface area contributed by atoms with Crippen LogP contribution >= 0.6 is 0 Å². The van der Waals surface area contributed by atoms with E-state index in [2.05, 4.69) is 10.3 Å². The molecule has 3 rings (SSSR count). The fourth-order valence-corrected chi connectivity index (χ4v) is 2.40. The molecule has 0 aliphatic carbocycles. The average molecular weight is 324 g/mol. The van der Waals surface area contributed by atoms with Gasteiger partial charge >= 0.3 is 5.97 Å². The number of aromatic amines is 1. The second-order valence-corrected chi connectivity index (χ2v) is 5.03. The number of H-pyrrole nitrogens is 1. The van der Waals surface area contributed by atoms with Crippen LogP contribution in [0.15, 0.2) is 53.3 Å². The number of pyridine rings is 1. The molecule has 0 unspecified atom stereocenters. The zero-order valence-corrected chi connectivity index (χ0v) is 12.2. The summed E-state index contributed by atoms with van der Waals surface area (Å²) in [5, 5.41) is 22.1. The van der Waals surface area contributed by atoms with E-state index >= 15 is 0 Å². The van der Waals surface area contributed by atoms with Crippen LogP contribution in [0.3, 0.4) is 0 Å².